The number of aliphatic imine (C=N–C) groups is 1. The number of ether oxygens (including phenoxy) is 1. The number of guanidine groups is 1. The minimum Gasteiger partial charge on any atom is -0.484 e. The third-order valence-corrected chi connectivity index (χ3v) is 6.17. The quantitative estimate of drug-likeness (QED) is 0.539. The van der Waals surface area contributed by atoms with Crippen molar-refractivity contribution in [3.8, 4) is 5.75 Å². The topological polar surface area (TPSA) is 66.0 Å². The Kier molecular flexibility index (Phi) is 7.10. The molecule has 1 amide bonds. The van der Waals surface area contributed by atoms with Crippen molar-refractivity contribution in [2.75, 3.05) is 39.0 Å². The van der Waals surface area contributed by atoms with E-state index < -0.39 is 0 Å². The molecule has 1 heterocycles. The molecule has 1 aromatic carbocycles. The van der Waals surface area contributed by atoms with E-state index in [9.17, 15) is 4.79 Å². The van der Waals surface area contributed by atoms with Crippen molar-refractivity contribution in [1.29, 1.82) is 0 Å². The molecule has 154 valence electrons. The zero-order chi connectivity index (χ0) is 20.0. The summed E-state index contributed by atoms with van der Waals surface area (Å²) in [5.74, 6) is 2.80. The van der Waals surface area contributed by atoms with Crippen molar-refractivity contribution in [2.45, 2.75) is 43.9 Å². The van der Waals surface area contributed by atoms with Crippen molar-refractivity contribution in [1.82, 2.24) is 15.5 Å². The average Bonchev–Trinajstić information content (AvgIpc) is 3.47. The highest BCUT2D eigenvalue weighted by molar-refractivity contribution is 8.00. The lowest BCUT2D eigenvalue weighted by Gasteiger charge is -2.39. The number of benzene rings is 1. The lowest BCUT2D eigenvalue weighted by molar-refractivity contribution is -0.123. The normalized spacial score (nSPS) is 19.2. The molecule has 1 saturated heterocycles. The van der Waals surface area contributed by atoms with E-state index in [-0.39, 0.29) is 17.3 Å². The average molecular weight is 405 g/mol. The van der Waals surface area contributed by atoms with E-state index in [1.165, 1.54) is 5.56 Å². The molecule has 1 saturated carbocycles. The zero-order valence-electron chi connectivity index (χ0n) is 17.2. The van der Waals surface area contributed by atoms with Crippen LogP contribution < -0.4 is 15.4 Å². The summed E-state index contributed by atoms with van der Waals surface area (Å²) in [6, 6.07) is 8.34. The van der Waals surface area contributed by atoms with Gasteiger partial charge in [-0.1, -0.05) is 12.1 Å². The van der Waals surface area contributed by atoms with Gasteiger partial charge in [-0.05, 0) is 50.8 Å². The Balaban J connectivity index is 1.39. The van der Waals surface area contributed by atoms with Crippen molar-refractivity contribution >= 4 is 23.6 Å². The van der Waals surface area contributed by atoms with Gasteiger partial charge in [0.15, 0.2) is 12.6 Å². The Labute approximate surface area is 172 Å². The third kappa shape index (κ3) is 6.62. The smallest absolute Gasteiger partial charge is 0.258 e. The van der Waals surface area contributed by atoms with Crippen LogP contribution in [0.15, 0.2) is 29.3 Å². The number of carbonyl (C=O) groups excluding carboxylic acids is 1. The molecule has 28 heavy (non-hydrogen) atoms. The van der Waals surface area contributed by atoms with Crippen molar-refractivity contribution < 1.29 is 9.53 Å². The predicted molar refractivity (Wildman–Crippen MR) is 116 cm³/mol. The molecule has 6 nitrogen and oxygen atoms in total. The van der Waals surface area contributed by atoms with Crippen LogP contribution in [0.3, 0.4) is 0 Å². The fraction of sp³-hybridized carbons (Fsp3) is 0.619. The van der Waals surface area contributed by atoms with Crippen LogP contribution in [0.25, 0.3) is 0 Å². The molecule has 1 aliphatic carbocycles. The summed E-state index contributed by atoms with van der Waals surface area (Å²) in [6.45, 7) is 7.54. The molecule has 0 spiro atoms. The molecule has 1 aliphatic heterocycles. The number of hydrogen-bond donors (Lipinski definition) is 2. The number of nitrogens with zero attached hydrogens (tertiary/aromatic N) is 2. The molecule has 0 atom stereocenters. The summed E-state index contributed by atoms with van der Waals surface area (Å²) in [4.78, 5) is 18.5. The van der Waals surface area contributed by atoms with E-state index in [4.69, 9.17) is 4.74 Å². The van der Waals surface area contributed by atoms with Gasteiger partial charge < -0.3 is 20.3 Å². The Morgan fingerprint density at radius 3 is 2.71 bits per heavy atom. The fourth-order valence-corrected chi connectivity index (χ4v) is 4.36. The second kappa shape index (κ2) is 9.54. The van der Waals surface area contributed by atoms with Crippen LogP contribution in [-0.2, 0) is 11.2 Å². The number of thioether (sulfide) groups is 1. The Morgan fingerprint density at radius 1 is 1.32 bits per heavy atom. The van der Waals surface area contributed by atoms with Gasteiger partial charge in [0.2, 0.25) is 0 Å². The molecule has 3 rings (SSSR count). The van der Waals surface area contributed by atoms with Crippen LogP contribution in [0.4, 0.5) is 0 Å². The Hall–Kier alpha value is -1.89. The SMILES string of the molecule is CN=C(NCCc1ccc(OCC(=O)NC2CC2)cc1)N1CCSC(C)(C)C1. The lowest BCUT2D eigenvalue weighted by Crippen LogP contribution is -2.51. The maximum atomic E-state index is 11.7. The molecule has 2 N–H and O–H groups in total. The monoisotopic (exact) mass is 404 g/mol. The van der Waals surface area contributed by atoms with Crippen LogP contribution in [-0.4, -0.2) is 66.6 Å². The number of amides is 1. The van der Waals surface area contributed by atoms with E-state index >= 15 is 0 Å². The highest BCUT2D eigenvalue weighted by Gasteiger charge is 2.28. The first-order chi connectivity index (χ1) is 13.4. The van der Waals surface area contributed by atoms with E-state index in [2.05, 4.69) is 46.5 Å². The maximum Gasteiger partial charge on any atom is 0.258 e. The molecule has 0 bridgehead atoms. The Bertz CT molecular complexity index is 686. The first kappa shape index (κ1) is 20.8. The van der Waals surface area contributed by atoms with Gasteiger partial charge in [0.1, 0.15) is 5.75 Å². The van der Waals surface area contributed by atoms with E-state index in [1.807, 2.05) is 30.9 Å². The van der Waals surface area contributed by atoms with Crippen molar-refractivity contribution in [3.63, 3.8) is 0 Å². The van der Waals surface area contributed by atoms with Crippen LogP contribution in [0, 0.1) is 0 Å². The number of nitrogens with one attached hydrogen (secondary N) is 2. The van der Waals surface area contributed by atoms with Gasteiger partial charge in [0.05, 0.1) is 0 Å². The van der Waals surface area contributed by atoms with Gasteiger partial charge in [-0.25, -0.2) is 0 Å². The summed E-state index contributed by atoms with van der Waals surface area (Å²) in [5, 5.41) is 6.41. The minimum absolute atomic E-state index is 0.0403. The molecule has 0 aromatic heterocycles. The maximum absolute atomic E-state index is 11.7. The van der Waals surface area contributed by atoms with E-state index in [0.717, 1.165) is 56.4 Å². The molecule has 2 aliphatic rings. The lowest BCUT2D eigenvalue weighted by atomic mass is 10.1. The molecule has 0 unspecified atom stereocenters. The number of carbonyl (C=O) groups is 1. The molecule has 1 aromatic rings. The van der Waals surface area contributed by atoms with Crippen LogP contribution in [0.5, 0.6) is 5.75 Å². The van der Waals surface area contributed by atoms with E-state index in [1.54, 1.807) is 0 Å². The molecule has 7 heteroatoms. The van der Waals surface area contributed by atoms with Gasteiger partial charge in [-0.3, -0.25) is 9.79 Å². The van der Waals surface area contributed by atoms with Gasteiger partial charge in [-0.15, -0.1) is 0 Å². The van der Waals surface area contributed by atoms with Crippen LogP contribution in [0.2, 0.25) is 0 Å². The highest BCUT2D eigenvalue weighted by atomic mass is 32.2. The van der Waals surface area contributed by atoms with Crippen LogP contribution in [0.1, 0.15) is 32.3 Å². The first-order valence-corrected chi connectivity index (χ1v) is 11.0. The van der Waals surface area contributed by atoms with E-state index in [0.29, 0.717) is 6.04 Å². The number of rotatable bonds is 7. The van der Waals surface area contributed by atoms with Crippen LogP contribution >= 0.6 is 11.8 Å². The molecular weight excluding hydrogens is 372 g/mol. The second-order valence-electron chi connectivity index (χ2n) is 8.03. The predicted octanol–water partition coefficient (Wildman–Crippen LogP) is 2.29. The standard InChI is InChI=1S/C21H32N4O2S/c1-21(2)15-25(12-13-28-21)20(22-3)23-11-10-16-4-8-18(9-5-16)27-14-19(26)24-17-6-7-17/h4-5,8-9,17H,6-7,10-15H2,1-3H3,(H,22,23)(H,24,26). The van der Waals surface area contributed by atoms with Crippen molar-refractivity contribution in [2.24, 2.45) is 4.99 Å². The molecule has 0 radical (unpaired) electrons. The molecular formula is C21H32N4O2S. The Morgan fingerprint density at radius 2 is 2.07 bits per heavy atom. The summed E-state index contributed by atoms with van der Waals surface area (Å²) >= 11 is 2.02. The van der Waals surface area contributed by atoms with Gasteiger partial charge in [0, 0.05) is 43.2 Å². The minimum atomic E-state index is -0.0403. The summed E-state index contributed by atoms with van der Waals surface area (Å²) in [6.07, 6.45) is 3.09. The zero-order valence-corrected chi connectivity index (χ0v) is 18.0. The van der Waals surface area contributed by atoms with Gasteiger partial charge in [-0.2, -0.15) is 11.8 Å². The van der Waals surface area contributed by atoms with Gasteiger partial charge in [0.25, 0.3) is 5.91 Å². The second-order valence-corrected chi connectivity index (χ2v) is 9.83. The summed E-state index contributed by atoms with van der Waals surface area (Å²) < 4.78 is 5.82. The largest absolute Gasteiger partial charge is 0.484 e. The molecule has 2 fully saturated rings. The van der Waals surface area contributed by atoms with Gasteiger partial charge >= 0.3 is 0 Å². The highest BCUT2D eigenvalue weighted by Crippen LogP contribution is 2.29. The first-order valence-electron chi connectivity index (χ1n) is 10.1. The third-order valence-electron chi connectivity index (χ3n) is 4.87. The fourth-order valence-electron chi connectivity index (χ4n) is 3.25. The van der Waals surface area contributed by atoms with Crippen molar-refractivity contribution in [3.05, 3.63) is 29.8 Å². The summed E-state index contributed by atoms with van der Waals surface area (Å²) in [7, 11) is 1.85. The summed E-state index contributed by atoms with van der Waals surface area (Å²) in [5.41, 5.74) is 1.23. The number of hydrogen-bond acceptors (Lipinski definition) is 4.